The lowest BCUT2D eigenvalue weighted by Crippen LogP contribution is -2.41. The molecule has 0 radical (unpaired) electrons. The molecule has 0 saturated carbocycles. The van der Waals surface area contributed by atoms with Crippen molar-refractivity contribution in [2.45, 2.75) is 26.4 Å². The van der Waals surface area contributed by atoms with Crippen molar-refractivity contribution in [3.63, 3.8) is 0 Å². The molecule has 8 heteroatoms. The first-order valence-corrected chi connectivity index (χ1v) is 9.02. The minimum absolute atomic E-state index is 0.0294. The summed E-state index contributed by atoms with van der Waals surface area (Å²) in [5.74, 6) is 0.136. The van der Waals surface area contributed by atoms with Crippen molar-refractivity contribution in [1.82, 2.24) is 25.1 Å². The predicted molar refractivity (Wildman–Crippen MR) is 91.5 cm³/mol. The zero-order valence-electron chi connectivity index (χ0n) is 12.8. The molecule has 1 unspecified atom stereocenters. The average molecular weight is 347 g/mol. The van der Waals surface area contributed by atoms with E-state index in [4.69, 9.17) is 0 Å². The Morgan fingerprint density at radius 3 is 2.91 bits per heavy atom. The van der Waals surface area contributed by atoms with E-state index in [0.29, 0.717) is 11.6 Å². The van der Waals surface area contributed by atoms with Crippen molar-refractivity contribution in [3.8, 4) is 10.6 Å². The highest BCUT2D eigenvalue weighted by Crippen LogP contribution is 2.26. The molecule has 1 N–H and O–H groups in total. The van der Waals surface area contributed by atoms with Crippen LogP contribution in [-0.4, -0.2) is 31.7 Å². The maximum atomic E-state index is 12.5. The monoisotopic (exact) mass is 347 g/mol. The molecule has 1 amide bonds. The molecule has 3 heterocycles. The van der Waals surface area contributed by atoms with Gasteiger partial charge in [-0.3, -0.25) is 9.48 Å². The fourth-order valence-corrected chi connectivity index (χ4v) is 3.58. The molecule has 6 nitrogen and oxygen atoms in total. The van der Waals surface area contributed by atoms with Gasteiger partial charge in [-0.25, -0.2) is 9.97 Å². The van der Waals surface area contributed by atoms with Gasteiger partial charge >= 0.3 is 0 Å². The van der Waals surface area contributed by atoms with Gasteiger partial charge in [-0.2, -0.15) is 5.10 Å². The molecule has 0 saturated heterocycles. The standard InChI is InChI=1S/C15H17N5OS2/c1-10(2)11(6-20-9-16-8-17-20)18-14(21)15-19-12(7-23-15)13-4-3-5-22-13/h3-5,7-11H,6H2,1-2H3,(H,18,21). The first kappa shape index (κ1) is 15.8. The van der Waals surface area contributed by atoms with Gasteiger partial charge in [-0.15, -0.1) is 22.7 Å². The summed E-state index contributed by atoms with van der Waals surface area (Å²) >= 11 is 2.98. The average Bonchev–Trinajstić information content (AvgIpc) is 3.27. The maximum Gasteiger partial charge on any atom is 0.280 e. The summed E-state index contributed by atoms with van der Waals surface area (Å²) in [6, 6.07) is 3.95. The smallest absolute Gasteiger partial charge is 0.280 e. The largest absolute Gasteiger partial charge is 0.345 e. The predicted octanol–water partition coefficient (Wildman–Crippen LogP) is 2.92. The van der Waals surface area contributed by atoms with Crippen LogP contribution >= 0.6 is 22.7 Å². The molecule has 120 valence electrons. The van der Waals surface area contributed by atoms with Gasteiger partial charge in [0.2, 0.25) is 0 Å². The third-order valence-electron chi connectivity index (χ3n) is 3.44. The molecule has 0 aliphatic heterocycles. The molecular weight excluding hydrogens is 330 g/mol. The Kier molecular flexibility index (Phi) is 4.82. The highest BCUT2D eigenvalue weighted by molar-refractivity contribution is 7.15. The summed E-state index contributed by atoms with van der Waals surface area (Å²) in [5.41, 5.74) is 0.854. The molecule has 3 rings (SSSR count). The lowest BCUT2D eigenvalue weighted by Gasteiger charge is -2.21. The van der Waals surface area contributed by atoms with Crippen LogP contribution in [0.4, 0.5) is 0 Å². The zero-order chi connectivity index (χ0) is 16.2. The van der Waals surface area contributed by atoms with E-state index in [1.54, 1.807) is 22.3 Å². The Hall–Kier alpha value is -2.06. The Morgan fingerprint density at radius 2 is 2.26 bits per heavy atom. The van der Waals surface area contributed by atoms with Crippen molar-refractivity contribution in [2.24, 2.45) is 5.92 Å². The number of carbonyl (C=O) groups excluding carboxylic acids is 1. The summed E-state index contributed by atoms with van der Waals surface area (Å²) in [5, 5.41) is 11.6. The lowest BCUT2D eigenvalue weighted by atomic mass is 10.0. The van der Waals surface area contributed by atoms with Gasteiger partial charge in [-0.1, -0.05) is 19.9 Å². The van der Waals surface area contributed by atoms with Crippen molar-refractivity contribution in [2.75, 3.05) is 0 Å². The molecule has 0 aliphatic carbocycles. The van der Waals surface area contributed by atoms with Gasteiger partial charge in [0.25, 0.3) is 5.91 Å². The first-order chi connectivity index (χ1) is 11.1. The van der Waals surface area contributed by atoms with Crippen molar-refractivity contribution in [3.05, 3.63) is 40.6 Å². The maximum absolute atomic E-state index is 12.5. The number of carbonyl (C=O) groups is 1. The van der Waals surface area contributed by atoms with Crippen molar-refractivity contribution in [1.29, 1.82) is 0 Å². The van der Waals surface area contributed by atoms with E-state index in [1.165, 1.54) is 17.7 Å². The van der Waals surface area contributed by atoms with E-state index in [0.717, 1.165) is 10.6 Å². The second kappa shape index (κ2) is 7.01. The van der Waals surface area contributed by atoms with Crippen LogP contribution < -0.4 is 5.32 Å². The van der Waals surface area contributed by atoms with E-state index in [9.17, 15) is 4.79 Å². The zero-order valence-corrected chi connectivity index (χ0v) is 14.5. The molecule has 3 aromatic rings. The van der Waals surface area contributed by atoms with Crippen LogP contribution in [-0.2, 0) is 6.54 Å². The Bertz CT molecular complexity index is 749. The van der Waals surface area contributed by atoms with E-state index < -0.39 is 0 Å². The molecule has 0 spiro atoms. The highest BCUT2D eigenvalue weighted by Gasteiger charge is 2.20. The highest BCUT2D eigenvalue weighted by atomic mass is 32.1. The summed E-state index contributed by atoms with van der Waals surface area (Å²) in [4.78, 5) is 21.9. The van der Waals surface area contributed by atoms with Gasteiger partial charge in [0.05, 0.1) is 23.2 Å². The Labute approximate surface area is 142 Å². The summed E-state index contributed by atoms with van der Waals surface area (Å²) in [7, 11) is 0. The van der Waals surface area contributed by atoms with E-state index >= 15 is 0 Å². The molecule has 3 aromatic heterocycles. The minimum Gasteiger partial charge on any atom is -0.345 e. The Balaban J connectivity index is 1.69. The van der Waals surface area contributed by atoms with Crippen LogP contribution in [0.25, 0.3) is 10.6 Å². The van der Waals surface area contributed by atoms with Gasteiger partial charge in [0.15, 0.2) is 5.01 Å². The van der Waals surface area contributed by atoms with Gasteiger partial charge in [0, 0.05) is 5.38 Å². The number of thiazole rings is 1. The first-order valence-electron chi connectivity index (χ1n) is 7.26. The van der Waals surface area contributed by atoms with Crippen LogP contribution in [0.1, 0.15) is 23.6 Å². The van der Waals surface area contributed by atoms with Crippen LogP contribution in [0.15, 0.2) is 35.5 Å². The van der Waals surface area contributed by atoms with Crippen LogP contribution in [0.2, 0.25) is 0 Å². The molecule has 0 aliphatic rings. The van der Waals surface area contributed by atoms with Crippen LogP contribution in [0, 0.1) is 5.92 Å². The van der Waals surface area contributed by atoms with Crippen LogP contribution in [0.5, 0.6) is 0 Å². The van der Waals surface area contributed by atoms with Crippen molar-refractivity contribution >= 4 is 28.6 Å². The number of aromatic nitrogens is 4. The minimum atomic E-state index is -0.142. The molecule has 23 heavy (non-hydrogen) atoms. The van der Waals surface area contributed by atoms with Crippen molar-refractivity contribution < 1.29 is 4.79 Å². The number of nitrogens with zero attached hydrogens (tertiary/aromatic N) is 4. The summed E-state index contributed by atoms with van der Waals surface area (Å²) < 4.78 is 1.73. The van der Waals surface area contributed by atoms with E-state index in [1.807, 2.05) is 22.9 Å². The normalized spacial score (nSPS) is 12.5. The summed E-state index contributed by atoms with van der Waals surface area (Å²) in [6.07, 6.45) is 3.15. The number of amides is 1. The third-order valence-corrected chi connectivity index (χ3v) is 5.18. The number of rotatable bonds is 6. The summed E-state index contributed by atoms with van der Waals surface area (Å²) in [6.45, 7) is 4.73. The molecule has 0 fully saturated rings. The van der Waals surface area contributed by atoms with Gasteiger partial charge in [0.1, 0.15) is 12.7 Å². The fraction of sp³-hybridized carbons (Fsp3) is 0.333. The number of thiophene rings is 1. The topological polar surface area (TPSA) is 72.7 Å². The SMILES string of the molecule is CC(C)C(Cn1cncn1)NC(=O)c1nc(-c2cccs2)cs1. The second-order valence-corrected chi connectivity index (χ2v) is 7.26. The second-order valence-electron chi connectivity index (χ2n) is 5.46. The molecule has 1 atom stereocenters. The van der Waals surface area contributed by atoms with Gasteiger partial charge < -0.3 is 5.32 Å². The quantitative estimate of drug-likeness (QED) is 0.744. The fourth-order valence-electron chi connectivity index (χ4n) is 2.10. The lowest BCUT2D eigenvalue weighted by molar-refractivity contribution is 0.0919. The molecule has 0 aromatic carbocycles. The number of hydrogen-bond donors (Lipinski definition) is 1. The van der Waals surface area contributed by atoms with Crippen LogP contribution in [0.3, 0.4) is 0 Å². The molecular formula is C15H17N5OS2. The van der Waals surface area contributed by atoms with E-state index in [2.05, 4.69) is 34.2 Å². The van der Waals surface area contributed by atoms with E-state index in [-0.39, 0.29) is 17.9 Å². The number of nitrogens with one attached hydrogen (secondary N) is 1. The molecule has 0 bridgehead atoms. The third kappa shape index (κ3) is 3.83. The Morgan fingerprint density at radius 1 is 1.39 bits per heavy atom. The van der Waals surface area contributed by atoms with Gasteiger partial charge in [-0.05, 0) is 17.4 Å². The number of hydrogen-bond acceptors (Lipinski definition) is 6.